The predicted octanol–water partition coefficient (Wildman–Crippen LogP) is 4.90. The van der Waals surface area contributed by atoms with Crippen LogP contribution in [-0.4, -0.2) is 0 Å². The summed E-state index contributed by atoms with van der Waals surface area (Å²) in [5, 5.41) is 0. The van der Waals surface area contributed by atoms with E-state index in [2.05, 4.69) is 57.5 Å². The van der Waals surface area contributed by atoms with E-state index in [1.807, 2.05) is 0 Å². The van der Waals surface area contributed by atoms with Crippen LogP contribution < -0.4 is 0 Å². The van der Waals surface area contributed by atoms with Crippen molar-refractivity contribution in [2.75, 3.05) is 0 Å². The summed E-state index contributed by atoms with van der Waals surface area (Å²) in [5.74, 6) is 1.69. The summed E-state index contributed by atoms with van der Waals surface area (Å²) >= 11 is 0. The third-order valence-electron chi connectivity index (χ3n) is 3.06. The average molecular weight is 217 g/mol. The topological polar surface area (TPSA) is 0 Å². The average Bonchev–Trinajstić information content (AvgIpc) is 2.27. The highest BCUT2D eigenvalue weighted by atomic mass is 14.2. The molecule has 89 valence electrons. The number of benzene rings is 1. The van der Waals surface area contributed by atoms with Crippen molar-refractivity contribution in [2.24, 2.45) is 11.8 Å². The van der Waals surface area contributed by atoms with Crippen molar-refractivity contribution in [2.45, 2.75) is 46.5 Å². The van der Waals surface area contributed by atoms with Gasteiger partial charge in [-0.05, 0) is 49.5 Å². The molecule has 0 bridgehead atoms. The van der Waals surface area contributed by atoms with E-state index < -0.39 is 0 Å². The zero-order valence-corrected chi connectivity index (χ0v) is 10.9. The minimum Gasteiger partial charge on any atom is -0.0628 e. The van der Waals surface area contributed by atoms with Crippen LogP contribution in [-0.2, 0) is 6.42 Å². The SMILES string of the molecule is C[CH]CC(CCc1ccccc1)CC(C)C. The van der Waals surface area contributed by atoms with E-state index in [0.29, 0.717) is 0 Å². The maximum atomic E-state index is 2.32. The van der Waals surface area contributed by atoms with E-state index in [1.54, 1.807) is 0 Å². The van der Waals surface area contributed by atoms with Gasteiger partial charge in [-0.1, -0.05) is 51.1 Å². The van der Waals surface area contributed by atoms with Crippen molar-refractivity contribution in [3.63, 3.8) is 0 Å². The predicted molar refractivity (Wildman–Crippen MR) is 72.3 cm³/mol. The minimum absolute atomic E-state index is 0.820. The van der Waals surface area contributed by atoms with E-state index in [4.69, 9.17) is 0 Å². The molecular weight excluding hydrogens is 192 g/mol. The lowest BCUT2D eigenvalue weighted by atomic mass is 9.88. The molecule has 0 fully saturated rings. The van der Waals surface area contributed by atoms with Crippen LogP contribution in [0.3, 0.4) is 0 Å². The van der Waals surface area contributed by atoms with E-state index in [-0.39, 0.29) is 0 Å². The van der Waals surface area contributed by atoms with Gasteiger partial charge >= 0.3 is 0 Å². The van der Waals surface area contributed by atoms with Crippen LogP contribution in [0.1, 0.15) is 45.6 Å². The largest absolute Gasteiger partial charge is 0.0628 e. The first-order valence-electron chi connectivity index (χ1n) is 6.54. The molecule has 0 aliphatic rings. The molecule has 1 radical (unpaired) electrons. The van der Waals surface area contributed by atoms with Crippen LogP contribution in [0.25, 0.3) is 0 Å². The van der Waals surface area contributed by atoms with Gasteiger partial charge in [-0.25, -0.2) is 0 Å². The van der Waals surface area contributed by atoms with Gasteiger partial charge in [0.1, 0.15) is 0 Å². The van der Waals surface area contributed by atoms with Crippen LogP contribution in [0.4, 0.5) is 0 Å². The van der Waals surface area contributed by atoms with Gasteiger partial charge in [0, 0.05) is 0 Å². The molecule has 0 nitrogen and oxygen atoms in total. The number of hydrogen-bond acceptors (Lipinski definition) is 0. The Morgan fingerprint density at radius 2 is 1.81 bits per heavy atom. The zero-order valence-electron chi connectivity index (χ0n) is 10.9. The summed E-state index contributed by atoms with van der Waals surface area (Å²) in [6, 6.07) is 10.8. The maximum Gasteiger partial charge on any atom is -0.0276 e. The molecule has 0 amide bonds. The summed E-state index contributed by atoms with van der Waals surface area (Å²) in [7, 11) is 0. The second-order valence-electron chi connectivity index (χ2n) is 5.16. The van der Waals surface area contributed by atoms with Crippen molar-refractivity contribution in [1.82, 2.24) is 0 Å². The van der Waals surface area contributed by atoms with Crippen molar-refractivity contribution in [1.29, 1.82) is 0 Å². The monoisotopic (exact) mass is 217 g/mol. The minimum atomic E-state index is 0.820. The highest BCUT2D eigenvalue weighted by molar-refractivity contribution is 5.14. The first-order chi connectivity index (χ1) is 7.72. The first-order valence-corrected chi connectivity index (χ1v) is 6.54. The molecule has 16 heavy (non-hydrogen) atoms. The lowest BCUT2D eigenvalue weighted by Crippen LogP contribution is -2.06. The standard InChI is InChI=1S/C16H25/c1-4-8-16(13-14(2)3)12-11-15-9-6-5-7-10-15/h4-7,9-10,14,16H,8,11-13H2,1-3H3. The molecule has 0 aliphatic carbocycles. The number of hydrogen-bond donors (Lipinski definition) is 0. The Labute approximate surface area is 101 Å². The van der Waals surface area contributed by atoms with Crippen molar-refractivity contribution < 1.29 is 0 Å². The van der Waals surface area contributed by atoms with Gasteiger partial charge in [0.15, 0.2) is 0 Å². The Bertz CT molecular complexity index is 261. The number of rotatable bonds is 7. The van der Waals surface area contributed by atoms with Gasteiger partial charge in [-0.15, -0.1) is 0 Å². The molecule has 0 aliphatic heterocycles. The molecule has 0 heterocycles. The van der Waals surface area contributed by atoms with Crippen LogP contribution in [0.15, 0.2) is 30.3 Å². The molecule has 0 N–H and O–H groups in total. The Hall–Kier alpha value is -0.780. The number of aryl methyl sites for hydroxylation is 1. The van der Waals surface area contributed by atoms with E-state index in [9.17, 15) is 0 Å². The van der Waals surface area contributed by atoms with Crippen LogP contribution >= 0.6 is 0 Å². The Kier molecular flexibility index (Phi) is 6.22. The van der Waals surface area contributed by atoms with Gasteiger partial charge in [0.25, 0.3) is 0 Å². The zero-order chi connectivity index (χ0) is 11.8. The molecule has 0 spiro atoms. The molecule has 1 aromatic carbocycles. The second kappa shape index (κ2) is 7.49. The van der Waals surface area contributed by atoms with Gasteiger partial charge in [0.2, 0.25) is 0 Å². The van der Waals surface area contributed by atoms with Gasteiger partial charge < -0.3 is 0 Å². The molecule has 0 saturated carbocycles. The highest BCUT2D eigenvalue weighted by Gasteiger charge is 2.10. The van der Waals surface area contributed by atoms with Crippen LogP contribution in [0.2, 0.25) is 0 Å². The molecule has 1 rings (SSSR count). The molecule has 1 aromatic rings. The lowest BCUT2D eigenvalue weighted by molar-refractivity contribution is 0.382. The van der Waals surface area contributed by atoms with Gasteiger partial charge in [-0.3, -0.25) is 0 Å². The van der Waals surface area contributed by atoms with E-state index >= 15 is 0 Å². The molecule has 0 saturated heterocycles. The smallest absolute Gasteiger partial charge is 0.0276 e. The maximum absolute atomic E-state index is 2.32. The van der Waals surface area contributed by atoms with Crippen molar-refractivity contribution >= 4 is 0 Å². The summed E-state index contributed by atoms with van der Waals surface area (Å²) in [4.78, 5) is 0. The summed E-state index contributed by atoms with van der Waals surface area (Å²) in [6.07, 6.45) is 7.50. The second-order valence-corrected chi connectivity index (χ2v) is 5.16. The summed E-state index contributed by atoms with van der Waals surface area (Å²) in [5.41, 5.74) is 1.48. The highest BCUT2D eigenvalue weighted by Crippen LogP contribution is 2.22. The first kappa shape index (κ1) is 13.3. The van der Waals surface area contributed by atoms with Crippen molar-refractivity contribution in [3.8, 4) is 0 Å². The molecular formula is C16H25. The molecule has 0 heteroatoms. The Morgan fingerprint density at radius 3 is 2.38 bits per heavy atom. The quantitative estimate of drug-likeness (QED) is 0.609. The van der Waals surface area contributed by atoms with Gasteiger partial charge in [-0.2, -0.15) is 0 Å². The Morgan fingerprint density at radius 1 is 1.12 bits per heavy atom. The molecule has 0 aromatic heterocycles. The lowest BCUT2D eigenvalue weighted by Gasteiger charge is -2.18. The van der Waals surface area contributed by atoms with E-state index in [1.165, 1.54) is 31.2 Å². The van der Waals surface area contributed by atoms with Crippen molar-refractivity contribution in [3.05, 3.63) is 42.3 Å². The van der Waals surface area contributed by atoms with Crippen LogP contribution in [0, 0.1) is 18.3 Å². The van der Waals surface area contributed by atoms with E-state index in [0.717, 1.165) is 11.8 Å². The molecule has 1 atom stereocenters. The summed E-state index contributed by atoms with van der Waals surface area (Å²) < 4.78 is 0. The molecule has 1 unspecified atom stereocenters. The fraction of sp³-hybridized carbons (Fsp3) is 0.562. The summed E-state index contributed by atoms with van der Waals surface area (Å²) in [6.45, 7) is 6.83. The fourth-order valence-corrected chi connectivity index (χ4v) is 2.35. The van der Waals surface area contributed by atoms with Crippen LogP contribution in [0.5, 0.6) is 0 Å². The Balaban J connectivity index is 2.37. The normalized spacial score (nSPS) is 13.0. The third kappa shape index (κ3) is 5.34. The van der Waals surface area contributed by atoms with Gasteiger partial charge in [0.05, 0.1) is 0 Å². The fourth-order valence-electron chi connectivity index (χ4n) is 2.35. The third-order valence-corrected chi connectivity index (χ3v) is 3.06.